The molecule has 1 aromatic rings. The molecule has 0 aromatic carbocycles. The number of hydrogen-bond donors (Lipinski definition) is 2. The molecule has 0 amide bonds. The van der Waals surface area contributed by atoms with Crippen molar-refractivity contribution in [2.24, 2.45) is 0 Å². The average molecular weight is 183 g/mol. The number of nitrogens with zero attached hydrogens (tertiary/aromatic N) is 1. The summed E-state index contributed by atoms with van der Waals surface area (Å²) in [5.41, 5.74) is -0.367. The molecule has 0 saturated carbocycles. The summed E-state index contributed by atoms with van der Waals surface area (Å²) >= 11 is 0. The lowest BCUT2D eigenvalue weighted by Crippen LogP contribution is -2.28. The fraction of sp³-hybridized carbons (Fsp3) is 0.500. The third-order valence-corrected chi connectivity index (χ3v) is 1.64. The Bertz CT molecular complexity index is 290. The molecule has 2 N–H and O–H groups in total. The Morgan fingerprint density at radius 1 is 1.77 bits per heavy atom. The van der Waals surface area contributed by atoms with Crippen LogP contribution in [0.2, 0.25) is 0 Å². The van der Waals surface area contributed by atoms with E-state index in [-0.39, 0.29) is 11.7 Å². The first-order valence-corrected chi connectivity index (χ1v) is 4.07. The standard InChI is InChI=1S/C8H13N3O2/c1-6(9-2)5-13-7-3-10-8(12)11-4-7/h3-4,6,9H,5H2,1-2H3,(H,10,11,12). The molecule has 0 saturated heterocycles. The zero-order chi connectivity index (χ0) is 9.68. The van der Waals surface area contributed by atoms with Crippen molar-refractivity contribution < 1.29 is 4.74 Å². The lowest BCUT2D eigenvalue weighted by molar-refractivity contribution is 0.277. The highest BCUT2D eigenvalue weighted by Gasteiger charge is 1.99. The summed E-state index contributed by atoms with van der Waals surface area (Å²) < 4.78 is 5.32. The minimum Gasteiger partial charge on any atom is -0.489 e. The summed E-state index contributed by atoms with van der Waals surface area (Å²) in [6, 6.07) is 0.270. The fourth-order valence-corrected chi connectivity index (χ4v) is 0.713. The van der Waals surface area contributed by atoms with Crippen molar-refractivity contribution in [1.29, 1.82) is 0 Å². The van der Waals surface area contributed by atoms with Gasteiger partial charge in [-0.2, -0.15) is 4.98 Å². The van der Waals surface area contributed by atoms with E-state index in [1.165, 1.54) is 12.4 Å². The van der Waals surface area contributed by atoms with Gasteiger partial charge in [0, 0.05) is 12.2 Å². The molecule has 0 aliphatic carbocycles. The molecule has 5 nitrogen and oxygen atoms in total. The van der Waals surface area contributed by atoms with Crippen LogP contribution in [-0.2, 0) is 0 Å². The third kappa shape index (κ3) is 3.25. The van der Waals surface area contributed by atoms with Crippen LogP contribution in [0.1, 0.15) is 6.92 Å². The molecular weight excluding hydrogens is 170 g/mol. The summed E-state index contributed by atoms with van der Waals surface area (Å²) in [7, 11) is 1.86. The molecule has 0 bridgehead atoms. The minimum absolute atomic E-state index is 0.270. The first kappa shape index (κ1) is 9.73. The summed E-state index contributed by atoms with van der Waals surface area (Å²) in [5, 5.41) is 3.03. The number of aromatic amines is 1. The van der Waals surface area contributed by atoms with Gasteiger partial charge in [-0.3, -0.25) is 0 Å². The van der Waals surface area contributed by atoms with Gasteiger partial charge in [-0.1, -0.05) is 0 Å². The first-order chi connectivity index (χ1) is 6.22. The smallest absolute Gasteiger partial charge is 0.345 e. The maximum atomic E-state index is 10.6. The van der Waals surface area contributed by atoms with Crippen LogP contribution in [0.4, 0.5) is 0 Å². The largest absolute Gasteiger partial charge is 0.489 e. The second-order valence-electron chi connectivity index (χ2n) is 2.76. The molecule has 0 spiro atoms. The molecule has 72 valence electrons. The summed E-state index contributed by atoms with van der Waals surface area (Å²) in [6.07, 6.45) is 2.90. The number of aromatic nitrogens is 2. The predicted molar refractivity (Wildman–Crippen MR) is 48.9 cm³/mol. The monoisotopic (exact) mass is 183 g/mol. The number of rotatable bonds is 4. The Balaban J connectivity index is 2.46. The van der Waals surface area contributed by atoms with Gasteiger partial charge in [-0.05, 0) is 14.0 Å². The van der Waals surface area contributed by atoms with Crippen molar-refractivity contribution in [1.82, 2.24) is 15.3 Å². The average Bonchev–Trinajstić information content (AvgIpc) is 2.16. The predicted octanol–water partition coefficient (Wildman–Crippen LogP) is -0.243. The van der Waals surface area contributed by atoms with Gasteiger partial charge in [-0.15, -0.1) is 0 Å². The molecule has 0 aliphatic rings. The first-order valence-electron chi connectivity index (χ1n) is 4.07. The van der Waals surface area contributed by atoms with Crippen LogP contribution in [0.15, 0.2) is 17.2 Å². The number of ether oxygens (including phenoxy) is 1. The Morgan fingerprint density at radius 2 is 2.54 bits per heavy atom. The summed E-state index contributed by atoms with van der Waals surface area (Å²) in [5.74, 6) is 0.571. The van der Waals surface area contributed by atoms with Crippen LogP contribution in [-0.4, -0.2) is 29.7 Å². The molecule has 1 atom stereocenters. The van der Waals surface area contributed by atoms with Crippen LogP contribution < -0.4 is 15.7 Å². The van der Waals surface area contributed by atoms with E-state index in [0.717, 1.165) is 0 Å². The van der Waals surface area contributed by atoms with Crippen molar-refractivity contribution in [3.05, 3.63) is 22.9 Å². The lowest BCUT2D eigenvalue weighted by Gasteiger charge is -2.10. The normalized spacial score (nSPS) is 12.5. The van der Waals surface area contributed by atoms with Crippen LogP contribution in [0, 0.1) is 0 Å². The van der Waals surface area contributed by atoms with E-state index in [0.29, 0.717) is 12.4 Å². The van der Waals surface area contributed by atoms with E-state index >= 15 is 0 Å². The summed E-state index contributed by atoms with van der Waals surface area (Å²) in [6.45, 7) is 2.54. The van der Waals surface area contributed by atoms with Crippen LogP contribution in [0.5, 0.6) is 5.75 Å². The van der Waals surface area contributed by atoms with Crippen molar-refractivity contribution in [2.75, 3.05) is 13.7 Å². The quantitative estimate of drug-likeness (QED) is 0.676. The van der Waals surface area contributed by atoms with Gasteiger partial charge in [-0.25, -0.2) is 4.79 Å². The molecule has 1 unspecified atom stereocenters. The minimum atomic E-state index is -0.367. The number of H-pyrrole nitrogens is 1. The van der Waals surface area contributed by atoms with E-state index < -0.39 is 0 Å². The topological polar surface area (TPSA) is 67.0 Å². The highest BCUT2D eigenvalue weighted by atomic mass is 16.5. The Kier molecular flexibility index (Phi) is 3.45. The molecule has 1 heterocycles. The number of likely N-dealkylation sites (N-methyl/N-ethyl adjacent to an activating group) is 1. The number of hydrogen-bond acceptors (Lipinski definition) is 4. The number of nitrogens with one attached hydrogen (secondary N) is 2. The highest BCUT2D eigenvalue weighted by molar-refractivity contribution is 5.09. The third-order valence-electron chi connectivity index (χ3n) is 1.64. The van der Waals surface area contributed by atoms with E-state index in [4.69, 9.17) is 4.74 Å². The van der Waals surface area contributed by atoms with Gasteiger partial charge in [0.25, 0.3) is 0 Å². The molecule has 0 radical (unpaired) electrons. The van der Waals surface area contributed by atoms with Crippen molar-refractivity contribution >= 4 is 0 Å². The SMILES string of the molecule is CNC(C)COc1cnc(=O)[nH]c1. The van der Waals surface area contributed by atoms with E-state index in [9.17, 15) is 4.79 Å². The van der Waals surface area contributed by atoms with Crippen molar-refractivity contribution in [2.45, 2.75) is 13.0 Å². The second kappa shape index (κ2) is 4.61. The van der Waals surface area contributed by atoms with Crippen LogP contribution in [0.3, 0.4) is 0 Å². The molecule has 1 aromatic heterocycles. The molecule has 1 rings (SSSR count). The van der Waals surface area contributed by atoms with Gasteiger partial charge < -0.3 is 15.0 Å². The zero-order valence-electron chi connectivity index (χ0n) is 7.70. The molecule has 0 fully saturated rings. The summed E-state index contributed by atoms with van der Waals surface area (Å²) in [4.78, 5) is 16.5. The van der Waals surface area contributed by atoms with E-state index in [1.807, 2.05) is 14.0 Å². The van der Waals surface area contributed by atoms with Crippen molar-refractivity contribution in [3.8, 4) is 5.75 Å². The van der Waals surface area contributed by atoms with E-state index in [2.05, 4.69) is 15.3 Å². The second-order valence-corrected chi connectivity index (χ2v) is 2.76. The van der Waals surface area contributed by atoms with Crippen LogP contribution >= 0.6 is 0 Å². The molecular formula is C8H13N3O2. The molecule has 0 aliphatic heterocycles. The fourth-order valence-electron chi connectivity index (χ4n) is 0.713. The lowest BCUT2D eigenvalue weighted by atomic mass is 10.4. The van der Waals surface area contributed by atoms with Gasteiger partial charge in [0.15, 0.2) is 5.75 Å². The molecule has 5 heteroatoms. The van der Waals surface area contributed by atoms with Crippen molar-refractivity contribution in [3.63, 3.8) is 0 Å². The van der Waals surface area contributed by atoms with Gasteiger partial charge in [0.05, 0.1) is 6.20 Å². The maximum Gasteiger partial charge on any atom is 0.345 e. The van der Waals surface area contributed by atoms with Crippen LogP contribution in [0.25, 0.3) is 0 Å². The van der Waals surface area contributed by atoms with Gasteiger partial charge >= 0.3 is 5.69 Å². The Labute approximate surface area is 76.2 Å². The zero-order valence-corrected chi connectivity index (χ0v) is 7.70. The Hall–Kier alpha value is -1.36. The Morgan fingerprint density at radius 3 is 3.08 bits per heavy atom. The molecule has 13 heavy (non-hydrogen) atoms. The maximum absolute atomic E-state index is 10.6. The van der Waals surface area contributed by atoms with Gasteiger partial charge in [0.2, 0.25) is 0 Å². The van der Waals surface area contributed by atoms with E-state index in [1.54, 1.807) is 0 Å². The van der Waals surface area contributed by atoms with Gasteiger partial charge in [0.1, 0.15) is 6.61 Å². The highest BCUT2D eigenvalue weighted by Crippen LogP contribution is 2.02.